The highest BCUT2D eigenvalue weighted by Gasteiger charge is 2.10. The van der Waals surface area contributed by atoms with E-state index in [0.29, 0.717) is 5.95 Å². The van der Waals surface area contributed by atoms with E-state index in [0.717, 1.165) is 34.8 Å². The standard InChI is InChI=1S/C15H19ClN4/c1-4-13-14(5-2)19-20-15(18-13)17-10(3)11-6-8-12(16)9-7-11/h6-10H,4-5H2,1-3H3,(H,17,18,20). The van der Waals surface area contributed by atoms with E-state index in [1.165, 1.54) is 0 Å². The van der Waals surface area contributed by atoms with E-state index < -0.39 is 0 Å². The highest BCUT2D eigenvalue weighted by atomic mass is 35.5. The van der Waals surface area contributed by atoms with Crippen LogP contribution in [0.2, 0.25) is 5.02 Å². The minimum atomic E-state index is 0.103. The molecule has 0 aliphatic heterocycles. The van der Waals surface area contributed by atoms with Crippen LogP contribution in [0.1, 0.15) is 43.8 Å². The van der Waals surface area contributed by atoms with Crippen LogP contribution in [0.5, 0.6) is 0 Å². The molecule has 1 aromatic carbocycles. The van der Waals surface area contributed by atoms with Crippen molar-refractivity contribution >= 4 is 17.5 Å². The first-order valence-electron chi connectivity index (χ1n) is 6.88. The van der Waals surface area contributed by atoms with Gasteiger partial charge in [0.1, 0.15) is 0 Å². The molecule has 0 fully saturated rings. The summed E-state index contributed by atoms with van der Waals surface area (Å²) in [5.74, 6) is 0.571. The van der Waals surface area contributed by atoms with Gasteiger partial charge in [-0.1, -0.05) is 37.6 Å². The minimum Gasteiger partial charge on any atom is -0.346 e. The number of hydrogen-bond donors (Lipinski definition) is 1. The van der Waals surface area contributed by atoms with Gasteiger partial charge in [-0.3, -0.25) is 0 Å². The molecule has 1 aromatic heterocycles. The van der Waals surface area contributed by atoms with Crippen LogP contribution >= 0.6 is 11.6 Å². The van der Waals surface area contributed by atoms with Gasteiger partial charge in [-0.05, 0) is 37.5 Å². The Bertz CT molecular complexity index is 569. The lowest BCUT2D eigenvalue weighted by atomic mass is 10.1. The number of anilines is 1. The van der Waals surface area contributed by atoms with Gasteiger partial charge in [-0.15, -0.1) is 5.10 Å². The molecule has 4 nitrogen and oxygen atoms in total. The number of aromatic nitrogens is 3. The zero-order chi connectivity index (χ0) is 14.5. The fraction of sp³-hybridized carbons (Fsp3) is 0.400. The summed E-state index contributed by atoms with van der Waals surface area (Å²) in [7, 11) is 0. The summed E-state index contributed by atoms with van der Waals surface area (Å²) in [6.45, 7) is 6.20. The van der Waals surface area contributed by atoms with Crippen LogP contribution in [0.4, 0.5) is 5.95 Å². The first-order valence-corrected chi connectivity index (χ1v) is 7.26. The average molecular weight is 291 g/mol. The van der Waals surface area contributed by atoms with Crippen LogP contribution in [0.15, 0.2) is 24.3 Å². The maximum Gasteiger partial charge on any atom is 0.243 e. The molecule has 1 unspecified atom stereocenters. The number of nitrogens with one attached hydrogen (secondary N) is 1. The molecule has 20 heavy (non-hydrogen) atoms. The van der Waals surface area contributed by atoms with Gasteiger partial charge in [0, 0.05) is 5.02 Å². The quantitative estimate of drug-likeness (QED) is 0.909. The van der Waals surface area contributed by atoms with E-state index in [-0.39, 0.29) is 6.04 Å². The van der Waals surface area contributed by atoms with Crippen molar-refractivity contribution < 1.29 is 0 Å². The highest BCUT2D eigenvalue weighted by molar-refractivity contribution is 6.30. The largest absolute Gasteiger partial charge is 0.346 e. The van der Waals surface area contributed by atoms with Gasteiger partial charge in [-0.25, -0.2) is 4.98 Å². The van der Waals surface area contributed by atoms with Crippen molar-refractivity contribution in [1.29, 1.82) is 0 Å². The Balaban J connectivity index is 2.15. The summed E-state index contributed by atoms with van der Waals surface area (Å²) >= 11 is 5.89. The number of halogens is 1. The summed E-state index contributed by atoms with van der Waals surface area (Å²) in [6, 6.07) is 7.85. The molecule has 5 heteroatoms. The predicted octanol–water partition coefficient (Wildman–Crippen LogP) is 3.82. The van der Waals surface area contributed by atoms with Crippen molar-refractivity contribution in [3.05, 3.63) is 46.2 Å². The van der Waals surface area contributed by atoms with E-state index in [2.05, 4.69) is 41.3 Å². The summed E-state index contributed by atoms with van der Waals surface area (Å²) in [4.78, 5) is 4.53. The number of benzene rings is 1. The van der Waals surface area contributed by atoms with Gasteiger partial charge in [0.05, 0.1) is 17.4 Å². The summed E-state index contributed by atoms with van der Waals surface area (Å²) in [6.07, 6.45) is 1.72. The molecule has 0 spiro atoms. The maximum absolute atomic E-state index is 5.89. The highest BCUT2D eigenvalue weighted by Crippen LogP contribution is 2.19. The van der Waals surface area contributed by atoms with Crippen molar-refractivity contribution in [3.63, 3.8) is 0 Å². The lowest BCUT2D eigenvalue weighted by molar-refractivity contribution is 0.790. The second-order valence-electron chi connectivity index (χ2n) is 4.65. The van der Waals surface area contributed by atoms with E-state index >= 15 is 0 Å². The van der Waals surface area contributed by atoms with Gasteiger partial charge >= 0.3 is 0 Å². The van der Waals surface area contributed by atoms with Gasteiger partial charge < -0.3 is 5.32 Å². The van der Waals surface area contributed by atoms with Crippen LogP contribution in [0.25, 0.3) is 0 Å². The lowest BCUT2D eigenvalue weighted by Crippen LogP contribution is -2.12. The van der Waals surface area contributed by atoms with Gasteiger partial charge in [0.2, 0.25) is 5.95 Å². The molecule has 2 aromatic rings. The second-order valence-corrected chi connectivity index (χ2v) is 5.09. The molecule has 1 atom stereocenters. The van der Waals surface area contributed by atoms with Gasteiger partial charge in [0.25, 0.3) is 0 Å². The van der Waals surface area contributed by atoms with Crippen LogP contribution < -0.4 is 5.32 Å². The normalized spacial score (nSPS) is 12.2. The third kappa shape index (κ3) is 3.45. The molecular formula is C15H19ClN4. The third-order valence-electron chi connectivity index (χ3n) is 3.22. The Morgan fingerprint density at radius 3 is 2.30 bits per heavy atom. The number of nitrogens with zero attached hydrogens (tertiary/aromatic N) is 3. The van der Waals surface area contributed by atoms with Crippen LogP contribution in [0.3, 0.4) is 0 Å². The number of rotatable bonds is 5. The van der Waals surface area contributed by atoms with E-state index in [9.17, 15) is 0 Å². The molecule has 0 amide bonds. The monoisotopic (exact) mass is 290 g/mol. The smallest absolute Gasteiger partial charge is 0.243 e. The molecule has 0 saturated heterocycles. The second kappa shape index (κ2) is 6.66. The van der Waals surface area contributed by atoms with E-state index in [1.807, 2.05) is 24.3 Å². The molecular weight excluding hydrogens is 272 g/mol. The summed E-state index contributed by atoms with van der Waals surface area (Å²) in [5, 5.41) is 12.4. The SMILES string of the molecule is CCc1nnc(NC(C)c2ccc(Cl)cc2)nc1CC. The minimum absolute atomic E-state index is 0.103. The van der Waals surface area contributed by atoms with Crippen LogP contribution in [-0.2, 0) is 12.8 Å². The number of aryl methyl sites for hydroxylation is 2. The molecule has 0 bridgehead atoms. The third-order valence-corrected chi connectivity index (χ3v) is 3.48. The zero-order valence-electron chi connectivity index (χ0n) is 12.0. The fourth-order valence-corrected chi connectivity index (χ4v) is 2.15. The van der Waals surface area contributed by atoms with Gasteiger partial charge in [0.15, 0.2) is 0 Å². The molecule has 2 rings (SSSR count). The molecule has 106 valence electrons. The first kappa shape index (κ1) is 14.7. The lowest BCUT2D eigenvalue weighted by Gasteiger charge is -2.15. The Morgan fingerprint density at radius 1 is 1.05 bits per heavy atom. The van der Waals surface area contributed by atoms with Crippen molar-refractivity contribution in [1.82, 2.24) is 15.2 Å². The molecule has 0 aliphatic carbocycles. The first-order chi connectivity index (χ1) is 9.63. The Labute approximate surface area is 124 Å². The number of hydrogen-bond acceptors (Lipinski definition) is 4. The zero-order valence-corrected chi connectivity index (χ0v) is 12.8. The molecule has 0 radical (unpaired) electrons. The topological polar surface area (TPSA) is 50.7 Å². The van der Waals surface area contributed by atoms with Crippen molar-refractivity contribution in [2.24, 2.45) is 0 Å². The molecule has 1 N–H and O–H groups in total. The Hall–Kier alpha value is -1.68. The van der Waals surface area contributed by atoms with Crippen LogP contribution in [-0.4, -0.2) is 15.2 Å². The van der Waals surface area contributed by atoms with Crippen molar-refractivity contribution in [2.75, 3.05) is 5.32 Å². The molecule has 1 heterocycles. The van der Waals surface area contributed by atoms with E-state index in [1.54, 1.807) is 0 Å². The van der Waals surface area contributed by atoms with E-state index in [4.69, 9.17) is 11.6 Å². The Kier molecular flexibility index (Phi) is 4.90. The Morgan fingerprint density at radius 2 is 1.70 bits per heavy atom. The summed E-state index contributed by atoms with van der Waals surface area (Å²) < 4.78 is 0. The maximum atomic E-state index is 5.89. The predicted molar refractivity (Wildman–Crippen MR) is 82.1 cm³/mol. The van der Waals surface area contributed by atoms with Gasteiger partial charge in [-0.2, -0.15) is 5.10 Å². The van der Waals surface area contributed by atoms with Crippen LogP contribution in [0, 0.1) is 0 Å². The average Bonchev–Trinajstić information content (AvgIpc) is 2.47. The molecule has 0 aliphatic rings. The fourth-order valence-electron chi connectivity index (χ4n) is 2.03. The summed E-state index contributed by atoms with van der Waals surface area (Å²) in [5.41, 5.74) is 3.11. The van der Waals surface area contributed by atoms with Crippen molar-refractivity contribution in [3.8, 4) is 0 Å². The van der Waals surface area contributed by atoms with Crippen molar-refractivity contribution in [2.45, 2.75) is 39.7 Å². The molecule has 0 saturated carbocycles.